The lowest BCUT2D eigenvalue weighted by Crippen LogP contribution is -2.30. The summed E-state index contributed by atoms with van der Waals surface area (Å²) in [5.41, 5.74) is 4.01. The minimum atomic E-state index is -0.0474. The lowest BCUT2D eigenvalue weighted by Gasteiger charge is -2.25. The Labute approximate surface area is 159 Å². The van der Waals surface area contributed by atoms with Gasteiger partial charge in [-0.05, 0) is 20.8 Å². The van der Waals surface area contributed by atoms with Crippen LogP contribution in [0.25, 0.3) is 11.4 Å². The molecule has 142 valence electrons. The van der Waals surface area contributed by atoms with Crippen LogP contribution in [-0.4, -0.2) is 37.8 Å². The van der Waals surface area contributed by atoms with E-state index in [1.165, 1.54) is 0 Å². The maximum atomic E-state index is 12.6. The third kappa shape index (κ3) is 3.92. The summed E-state index contributed by atoms with van der Waals surface area (Å²) in [5, 5.41) is 8.44. The van der Waals surface area contributed by atoms with E-state index in [1.807, 2.05) is 69.9 Å². The van der Waals surface area contributed by atoms with E-state index >= 15 is 0 Å². The molecule has 3 aromatic rings. The van der Waals surface area contributed by atoms with Crippen molar-refractivity contribution in [3.63, 3.8) is 0 Å². The van der Waals surface area contributed by atoms with Gasteiger partial charge in [-0.3, -0.25) is 9.48 Å². The second-order valence-corrected chi connectivity index (χ2v) is 6.77. The molecule has 0 aliphatic rings. The van der Waals surface area contributed by atoms with Crippen molar-refractivity contribution in [2.24, 2.45) is 7.05 Å². The number of carbonyl (C=O) groups excluding carboxylic acids is 1. The van der Waals surface area contributed by atoms with Crippen LogP contribution in [-0.2, 0) is 18.3 Å². The van der Waals surface area contributed by atoms with Gasteiger partial charge in [0.05, 0.1) is 11.7 Å². The molecule has 1 aromatic carbocycles. The molecule has 1 atom stereocenters. The van der Waals surface area contributed by atoms with Crippen LogP contribution in [0.3, 0.4) is 0 Å². The summed E-state index contributed by atoms with van der Waals surface area (Å²) in [6.07, 6.45) is 0.732. The number of nitrogens with zero attached hydrogens (tertiary/aromatic N) is 5. The predicted molar refractivity (Wildman–Crippen MR) is 102 cm³/mol. The molecule has 0 aliphatic carbocycles. The van der Waals surface area contributed by atoms with Crippen LogP contribution in [0.5, 0.6) is 0 Å². The molecule has 0 fully saturated rings. The molecule has 0 unspecified atom stereocenters. The third-order valence-corrected chi connectivity index (χ3v) is 5.01. The van der Waals surface area contributed by atoms with E-state index in [9.17, 15) is 4.79 Å². The van der Waals surface area contributed by atoms with Crippen LogP contribution >= 0.6 is 0 Å². The van der Waals surface area contributed by atoms with Crippen molar-refractivity contribution in [3.8, 4) is 11.4 Å². The van der Waals surface area contributed by atoms with Crippen molar-refractivity contribution in [2.75, 3.05) is 7.05 Å². The van der Waals surface area contributed by atoms with Gasteiger partial charge < -0.3 is 9.42 Å². The van der Waals surface area contributed by atoms with Crippen LogP contribution in [0.2, 0.25) is 0 Å². The Hall–Kier alpha value is -2.96. The standard InChI is InChI=1S/C20H25N5O2/c1-13-19(15(3)25(5)22-13)14(2)24(4)18(26)12-11-17-21-20(23-27-17)16-9-7-6-8-10-16/h6-10,14H,11-12H2,1-5H3/t14-/m1/s1. The average molecular weight is 367 g/mol. The molecule has 0 bridgehead atoms. The number of rotatable bonds is 6. The average Bonchev–Trinajstić information content (AvgIpc) is 3.24. The molecule has 27 heavy (non-hydrogen) atoms. The number of hydrogen-bond donors (Lipinski definition) is 0. The molecule has 2 aromatic heterocycles. The van der Waals surface area contributed by atoms with E-state index in [0.29, 0.717) is 24.6 Å². The summed E-state index contributed by atoms with van der Waals surface area (Å²) in [4.78, 5) is 18.8. The van der Waals surface area contributed by atoms with Gasteiger partial charge in [0.25, 0.3) is 0 Å². The summed E-state index contributed by atoms with van der Waals surface area (Å²) in [6, 6.07) is 9.59. The van der Waals surface area contributed by atoms with Gasteiger partial charge in [-0.25, -0.2) is 0 Å². The molecule has 7 nitrogen and oxygen atoms in total. The predicted octanol–water partition coefficient (Wildman–Crippen LogP) is 3.24. The summed E-state index contributed by atoms with van der Waals surface area (Å²) >= 11 is 0. The molecule has 0 aliphatic heterocycles. The largest absolute Gasteiger partial charge is 0.339 e. The molecular formula is C20H25N5O2. The number of aryl methyl sites for hydroxylation is 3. The van der Waals surface area contributed by atoms with Crippen molar-refractivity contribution < 1.29 is 9.32 Å². The Kier molecular flexibility index (Phi) is 5.39. The van der Waals surface area contributed by atoms with Gasteiger partial charge in [0, 0.05) is 43.8 Å². The lowest BCUT2D eigenvalue weighted by molar-refractivity contribution is -0.131. The van der Waals surface area contributed by atoms with Gasteiger partial charge in [-0.15, -0.1) is 0 Å². The minimum absolute atomic E-state index is 0.0321. The Morgan fingerprint density at radius 2 is 1.96 bits per heavy atom. The highest BCUT2D eigenvalue weighted by Gasteiger charge is 2.23. The smallest absolute Gasteiger partial charge is 0.227 e. The Morgan fingerprint density at radius 1 is 1.26 bits per heavy atom. The van der Waals surface area contributed by atoms with Crippen molar-refractivity contribution in [2.45, 2.75) is 39.7 Å². The van der Waals surface area contributed by atoms with Crippen molar-refractivity contribution in [1.29, 1.82) is 0 Å². The van der Waals surface area contributed by atoms with E-state index < -0.39 is 0 Å². The van der Waals surface area contributed by atoms with E-state index in [4.69, 9.17) is 4.52 Å². The van der Waals surface area contributed by atoms with Crippen molar-refractivity contribution in [1.82, 2.24) is 24.8 Å². The second-order valence-electron chi connectivity index (χ2n) is 6.77. The summed E-state index contributed by atoms with van der Waals surface area (Å²) in [7, 11) is 3.74. The molecule has 0 spiro atoms. The number of hydrogen-bond acceptors (Lipinski definition) is 5. The number of carbonyl (C=O) groups is 1. The van der Waals surface area contributed by atoms with Gasteiger partial charge in [0.1, 0.15) is 0 Å². The molecule has 0 N–H and O–H groups in total. The summed E-state index contributed by atoms with van der Waals surface area (Å²) < 4.78 is 7.14. The molecule has 2 heterocycles. The van der Waals surface area contributed by atoms with E-state index in [2.05, 4.69) is 15.2 Å². The van der Waals surface area contributed by atoms with Gasteiger partial charge >= 0.3 is 0 Å². The Balaban J connectivity index is 1.63. The maximum Gasteiger partial charge on any atom is 0.227 e. The van der Waals surface area contributed by atoms with Gasteiger partial charge in [-0.2, -0.15) is 10.1 Å². The Bertz CT molecular complexity index is 929. The van der Waals surface area contributed by atoms with Crippen LogP contribution in [0.4, 0.5) is 0 Å². The quantitative estimate of drug-likeness (QED) is 0.668. The zero-order valence-corrected chi connectivity index (χ0v) is 16.4. The zero-order valence-electron chi connectivity index (χ0n) is 16.4. The van der Waals surface area contributed by atoms with Crippen LogP contribution in [0, 0.1) is 13.8 Å². The minimum Gasteiger partial charge on any atom is -0.339 e. The molecule has 7 heteroatoms. The number of aromatic nitrogens is 4. The first kappa shape index (κ1) is 18.8. The topological polar surface area (TPSA) is 77.1 Å². The molecule has 0 saturated carbocycles. The number of amides is 1. The fourth-order valence-corrected chi connectivity index (χ4v) is 3.26. The van der Waals surface area contributed by atoms with E-state index in [0.717, 1.165) is 22.5 Å². The highest BCUT2D eigenvalue weighted by Crippen LogP contribution is 2.26. The normalized spacial score (nSPS) is 12.2. The van der Waals surface area contributed by atoms with E-state index in [1.54, 1.807) is 4.90 Å². The molecule has 0 saturated heterocycles. The summed E-state index contributed by atoms with van der Waals surface area (Å²) in [6.45, 7) is 6.02. The maximum absolute atomic E-state index is 12.6. The monoisotopic (exact) mass is 367 g/mol. The highest BCUT2D eigenvalue weighted by atomic mass is 16.5. The summed E-state index contributed by atoms with van der Waals surface area (Å²) in [5.74, 6) is 1.04. The van der Waals surface area contributed by atoms with Crippen LogP contribution in [0.15, 0.2) is 34.9 Å². The van der Waals surface area contributed by atoms with Gasteiger partial charge in [0.15, 0.2) is 0 Å². The fourth-order valence-electron chi connectivity index (χ4n) is 3.26. The molecule has 3 rings (SSSR count). The van der Waals surface area contributed by atoms with Crippen LogP contribution in [0.1, 0.15) is 42.2 Å². The van der Waals surface area contributed by atoms with Crippen molar-refractivity contribution in [3.05, 3.63) is 53.2 Å². The Morgan fingerprint density at radius 3 is 2.59 bits per heavy atom. The molecule has 0 radical (unpaired) electrons. The van der Waals surface area contributed by atoms with E-state index in [-0.39, 0.29) is 11.9 Å². The van der Waals surface area contributed by atoms with Gasteiger partial charge in [-0.1, -0.05) is 35.5 Å². The highest BCUT2D eigenvalue weighted by molar-refractivity contribution is 5.76. The zero-order chi connectivity index (χ0) is 19.6. The second kappa shape index (κ2) is 7.73. The lowest BCUT2D eigenvalue weighted by atomic mass is 10.0. The molecular weight excluding hydrogens is 342 g/mol. The first-order chi connectivity index (χ1) is 12.9. The van der Waals surface area contributed by atoms with Crippen LogP contribution < -0.4 is 0 Å². The SMILES string of the molecule is Cc1nn(C)c(C)c1[C@@H](C)N(C)C(=O)CCc1nc(-c2ccccc2)no1. The van der Waals surface area contributed by atoms with Gasteiger partial charge in [0.2, 0.25) is 17.6 Å². The molecule has 1 amide bonds. The first-order valence-electron chi connectivity index (χ1n) is 9.02. The number of benzene rings is 1. The first-order valence-corrected chi connectivity index (χ1v) is 9.02. The third-order valence-electron chi connectivity index (χ3n) is 5.01. The van der Waals surface area contributed by atoms with Crippen molar-refractivity contribution >= 4 is 5.91 Å². The fraction of sp³-hybridized carbons (Fsp3) is 0.400.